The summed E-state index contributed by atoms with van der Waals surface area (Å²) in [6.45, 7) is 8.17. The lowest BCUT2D eigenvalue weighted by Crippen LogP contribution is -2.38. The highest BCUT2D eigenvalue weighted by Gasteiger charge is 2.14. The van der Waals surface area contributed by atoms with E-state index in [0.717, 1.165) is 18.1 Å². The number of hydrogen-bond acceptors (Lipinski definition) is 4. The third kappa shape index (κ3) is 7.27. The van der Waals surface area contributed by atoms with Crippen LogP contribution in [0.3, 0.4) is 0 Å². The van der Waals surface area contributed by atoms with Crippen molar-refractivity contribution in [3.63, 3.8) is 0 Å². The van der Waals surface area contributed by atoms with Gasteiger partial charge in [-0.15, -0.1) is 24.0 Å². The van der Waals surface area contributed by atoms with Crippen molar-refractivity contribution in [2.24, 2.45) is 4.99 Å². The Labute approximate surface area is 197 Å². The topological polar surface area (TPSA) is 64.1 Å². The fourth-order valence-electron chi connectivity index (χ4n) is 3.07. The third-order valence-corrected chi connectivity index (χ3v) is 4.68. The fourth-order valence-corrected chi connectivity index (χ4v) is 3.07. The van der Waals surface area contributed by atoms with E-state index in [1.165, 1.54) is 11.1 Å². The molecule has 0 aromatic heterocycles. The van der Waals surface area contributed by atoms with Gasteiger partial charge in [-0.3, -0.25) is 4.99 Å². The molecule has 0 amide bonds. The summed E-state index contributed by atoms with van der Waals surface area (Å²) in [6.07, 6.45) is 0. The van der Waals surface area contributed by atoms with E-state index < -0.39 is 0 Å². The van der Waals surface area contributed by atoms with Gasteiger partial charge in [0.05, 0.1) is 20.8 Å². The van der Waals surface area contributed by atoms with E-state index in [2.05, 4.69) is 53.7 Å². The Balaban J connectivity index is 0.00000450. The molecule has 0 heterocycles. The molecule has 6 nitrogen and oxygen atoms in total. The Bertz CT molecular complexity index is 802. The van der Waals surface area contributed by atoms with Crippen molar-refractivity contribution in [3.05, 3.63) is 53.1 Å². The number of hydrogen-bond donors (Lipinski definition) is 2. The van der Waals surface area contributed by atoms with Crippen molar-refractivity contribution in [3.8, 4) is 17.2 Å². The van der Waals surface area contributed by atoms with Crippen molar-refractivity contribution in [1.82, 2.24) is 10.6 Å². The van der Waals surface area contributed by atoms with Gasteiger partial charge < -0.3 is 24.8 Å². The highest BCUT2D eigenvalue weighted by atomic mass is 127. The summed E-state index contributed by atoms with van der Waals surface area (Å²) in [5.41, 5.74) is 3.60. The molecule has 0 saturated carbocycles. The van der Waals surface area contributed by atoms with Crippen LogP contribution in [0.4, 0.5) is 0 Å². The second-order valence-electron chi connectivity index (χ2n) is 6.88. The number of rotatable bonds is 9. The standard InChI is InChI=1S/C23H33N3O3.HI/c1-7-29-22-20(27-5)12-18(13-21(22)28-6)15-26-23(24-4)25-14-17(3)19-10-8-9-16(2)11-19;/h8-13,17H,7,14-15H2,1-6H3,(H2,24,25,26);1H. The smallest absolute Gasteiger partial charge is 0.203 e. The van der Waals surface area contributed by atoms with Crippen molar-refractivity contribution < 1.29 is 14.2 Å². The zero-order chi connectivity index (χ0) is 21.2. The van der Waals surface area contributed by atoms with Crippen molar-refractivity contribution >= 4 is 29.9 Å². The van der Waals surface area contributed by atoms with Crippen LogP contribution in [0, 0.1) is 6.92 Å². The first-order chi connectivity index (χ1) is 14.0. The van der Waals surface area contributed by atoms with Gasteiger partial charge in [-0.25, -0.2) is 0 Å². The number of nitrogens with zero attached hydrogens (tertiary/aromatic N) is 1. The number of guanidine groups is 1. The molecular weight excluding hydrogens is 493 g/mol. The summed E-state index contributed by atoms with van der Waals surface area (Å²) in [7, 11) is 5.02. The van der Waals surface area contributed by atoms with Gasteiger partial charge in [0.1, 0.15) is 0 Å². The van der Waals surface area contributed by atoms with Gasteiger partial charge in [-0.05, 0) is 43.0 Å². The summed E-state index contributed by atoms with van der Waals surface area (Å²) in [6, 6.07) is 12.5. The predicted molar refractivity (Wildman–Crippen MR) is 134 cm³/mol. The average Bonchev–Trinajstić information content (AvgIpc) is 2.74. The van der Waals surface area contributed by atoms with E-state index in [1.54, 1.807) is 21.3 Å². The van der Waals surface area contributed by atoms with Gasteiger partial charge in [-0.2, -0.15) is 0 Å². The second kappa shape index (κ2) is 13.2. The molecular formula is C23H34IN3O3. The molecule has 0 radical (unpaired) electrons. The maximum absolute atomic E-state index is 5.66. The number of aliphatic imine (C=N–C) groups is 1. The maximum Gasteiger partial charge on any atom is 0.203 e. The van der Waals surface area contributed by atoms with Crippen LogP contribution in [0.1, 0.15) is 36.5 Å². The molecule has 0 aliphatic rings. The summed E-state index contributed by atoms with van der Waals surface area (Å²) >= 11 is 0. The largest absolute Gasteiger partial charge is 0.493 e. The SMILES string of the molecule is CCOc1c(OC)cc(CNC(=NC)NCC(C)c2cccc(C)c2)cc1OC.I. The van der Waals surface area contributed by atoms with Crippen LogP contribution in [-0.2, 0) is 6.54 Å². The lowest BCUT2D eigenvalue weighted by molar-refractivity contribution is 0.288. The minimum Gasteiger partial charge on any atom is -0.493 e. The lowest BCUT2D eigenvalue weighted by atomic mass is 9.99. The van der Waals surface area contributed by atoms with Gasteiger partial charge in [0.15, 0.2) is 17.5 Å². The van der Waals surface area contributed by atoms with Gasteiger partial charge in [0.2, 0.25) is 5.75 Å². The number of aryl methyl sites for hydroxylation is 1. The first-order valence-electron chi connectivity index (χ1n) is 9.91. The maximum atomic E-state index is 5.66. The Kier molecular flexibility index (Phi) is 11.4. The van der Waals surface area contributed by atoms with Gasteiger partial charge in [0.25, 0.3) is 0 Å². The number of ether oxygens (including phenoxy) is 3. The van der Waals surface area contributed by atoms with Gasteiger partial charge >= 0.3 is 0 Å². The number of methoxy groups -OCH3 is 2. The molecule has 0 spiro atoms. The molecule has 0 bridgehead atoms. The molecule has 1 atom stereocenters. The Hall–Kier alpha value is -2.16. The third-order valence-electron chi connectivity index (χ3n) is 4.68. The highest BCUT2D eigenvalue weighted by Crippen LogP contribution is 2.38. The minimum absolute atomic E-state index is 0. The molecule has 0 aliphatic carbocycles. The lowest BCUT2D eigenvalue weighted by Gasteiger charge is -2.18. The van der Waals surface area contributed by atoms with E-state index in [-0.39, 0.29) is 24.0 Å². The van der Waals surface area contributed by atoms with E-state index in [4.69, 9.17) is 14.2 Å². The first-order valence-corrected chi connectivity index (χ1v) is 9.91. The van der Waals surface area contributed by atoms with Crippen molar-refractivity contribution in [1.29, 1.82) is 0 Å². The van der Waals surface area contributed by atoms with Gasteiger partial charge in [0, 0.05) is 20.1 Å². The van der Waals surface area contributed by atoms with Crippen LogP contribution in [0.25, 0.3) is 0 Å². The zero-order valence-electron chi connectivity index (χ0n) is 18.7. The Morgan fingerprint density at radius 3 is 2.27 bits per heavy atom. The van der Waals surface area contributed by atoms with Crippen LogP contribution in [0.2, 0.25) is 0 Å². The normalized spacial score (nSPS) is 11.9. The van der Waals surface area contributed by atoms with Crippen LogP contribution >= 0.6 is 24.0 Å². The summed E-state index contributed by atoms with van der Waals surface area (Å²) < 4.78 is 16.6. The molecule has 0 aliphatic heterocycles. The van der Waals surface area contributed by atoms with Crippen LogP contribution in [0.5, 0.6) is 17.2 Å². The number of nitrogens with one attached hydrogen (secondary N) is 2. The first kappa shape index (κ1) is 25.9. The summed E-state index contributed by atoms with van der Waals surface area (Å²) in [5, 5.41) is 6.74. The van der Waals surface area contributed by atoms with E-state index in [0.29, 0.717) is 36.3 Å². The van der Waals surface area contributed by atoms with E-state index in [9.17, 15) is 0 Å². The Morgan fingerprint density at radius 2 is 1.73 bits per heavy atom. The molecule has 2 rings (SSSR count). The summed E-state index contributed by atoms with van der Waals surface area (Å²) in [5.74, 6) is 3.05. The molecule has 0 fully saturated rings. The monoisotopic (exact) mass is 527 g/mol. The molecule has 2 aromatic rings. The van der Waals surface area contributed by atoms with Crippen LogP contribution in [-0.4, -0.2) is 40.4 Å². The van der Waals surface area contributed by atoms with Gasteiger partial charge in [-0.1, -0.05) is 36.8 Å². The quantitative estimate of drug-likeness (QED) is 0.286. The molecule has 1 unspecified atom stereocenters. The van der Waals surface area contributed by atoms with Crippen LogP contribution < -0.4 is 24.8 Å². The Morgan fingerprint density at radius 1 is 1.07 bits per heavy atom. The predicted octanol–water partition coefficient (Wildman–Crippen LogP) is 4.50. The fraction of sp³-hybridized carbons (Fsp3) is 0.435. The molecule has 166 valence electrons. The second-order valence-corrected chi connectivity index (χ2v) is 6.88. The van der Waals surface area contributed by atoms with E-state index >= 15 is 0 Å². The van der Waals surface area contributed by atoms with E-state index in [1.807, 2.05) is 19.1 Å². The van der Waals surface area contributed by atoms with Crippen molar-refractivity contribution in [2.75, 3.05) is 34.4 Å². The van der Waals surface area contributed by atoms with Crippen molar-refractivity contribution in [2.45, 2.75) is 33.2 Å². The number of halogens is 1. The molecule has 7 heteroatoms. The average molecular weight is 527 g/mol. The van der Waals surface area contributed by atoms with Crippen LogP contribution in [0.15, 0.2) is 41.4 Å². The zero-order valence-corrected chi connectivity index (χ0v) is 21.1. The molecule has 2 aromatic carbocycles. The summed E-state index contributed by atoms with van der Waals surface area (Å²) in [4.78, 5) is 4.33. The molecule has 2 N–H and O–H groups in total. The molecule has 30 heavy (non-hydrogen) atoms. The highest BCUT2D eigenvalue weighted by molar-refractivity contribution is 14.0. The number of benzene rings is 2. The molecule has 0 saturated heterocycles. The minimum atomic E-state index is 0.